The molecule has 0 spiro atoms. The van der Waals surface area contributed by atoms with Crippen LogP contribution in [-0.2, 0) is 11.2 Å². The van der Waals surface area contributed by atoms with Gasteiger partial charge in [0.05, 0.1) is 6.61 Å². The normalized spacial score (nSPS) is 23.4. The molecule has 5 heteroatoms. The van der Waals surface area contributed by atoms with Crippen LogP contribution in [0.4, 0.5) is 0 Å². The molecule has 5 nitrogen and oxygen atoms in total. The van der Waals surface area contributed by atoms with Gasteiger partial charge in [-0.25, -0.2) is 9.59 Å². The number of unbranched alkanes of at least 4 members (excludes halogenated alkanes) is 2. The molecule has 144 valence electrons. The van der Waals surface area contributed by atoms with Crippen LogP contribution in [0.3, 0.4) is 0 Å². The molecular weight excluding hydrogens is 330 g/mol. The van der Waals surface area contributed by atoms with Crippen molar-refractivity contribution in [3.8, 4) is 0 Å². The zero-order valence-electron chi connectivity index (χ0n) is 15.9. The number of rotatable bonds is 7. The lowest BCUT2D eigenvalue weighted by Crippen LogP contribution is -2.49. The highest BCUT2D eigenvalue weighted by Gasteiger charge is 2.33. The summed E-state index contributed by atoms with van der Waals surface area (Å²) in [6.07, 6.45) is 9.93. The monoisotopic (exact) mass is 361 g/mol. The third-order valence-electron chi connectivity index (χ3n) is 5.78. The Hall–Kier alpha value is -1.62. The van der Waals surface area contributed by atoms with Gasteiger partial charge in [-0.15, -0.1) is 0 Å². The number of piperidine rings is 2. The zero-order valence-corrected chi connectivity index (χ0v) is 15.9. The fourth-order valence-electron chi connectivity index (χ4n) is 4.32. The molecule has 0 amide bonds. The Balaban J connectivity index is 1.55. The van der Waals surface area contributed by atoms with Gasteiger partial charge < -0.3 is 9.15 Å². The van der Waals surface area contributed by atoms with Gasteiger partial charge in [-0.1, -0.05) is 26.2 Å². The van der Waals surface area contributed by atoms with E-state index in [0.717, 1.165) is 51.6 Å². The predicted molar refractivity (Wildman–Crippen MR) is 100 cm³/mol. The SMILES string of the molecule is CCCCCc1ccc(C(=O)OC[C@@H]2CCCN3CCCC[C@H]23)c(=O)o1. The molecule has 2 aliphatic rings. The standard InChI is InChI=1S/C21H31NO4/c1-2-3-4-9-17-11-12-18(21(24)26-17)20(23)25-15-16-8-7-14-22-13-6-5-10-19(16)22/h11-12,16,19H,2-10,13-15H2,1H3/t16-,19+/m0/s1. The summed E-state index contributed by atoms with van der Waals surface area (Å²) in [5.41, 5.74) is -0.563. The van der Waals surface area contributed by atoms with E-state index in [4.69, 9.17) is 9.15 Å². The summed E-state index contributed by atoms with van der Waals surface area (Å²) in [6.45, 7) is 4.86. The number of fused-ring (bicyclic) bond motifs is 1. The Morgan fingerprint density at radius 3 is 2.85 bits per heavy atom. The average Bonchev–Trinajstić information content (AvgIpc) is 2.66. The summed E-state index contributed by atoms with van der Waals surface area (Å²) < 4.78 is 10.8. The van der Waals surface area contributed by atoms with Gasteiger partial charge in [0.1, 0.15) is 11.3 Å². The van der Waals surface area contributed by atoms with E-state index in [1.807, 2.05) is 0 Å². The molecule has 0 aliphatic carbocycles. The van der Waals surface area contributed by atoms with Crippen molar-refractivity contribution in [1.82, 2.24) is 4.90 Å². The number of nitrogens with zero attached hydrogens (tertiary/aromatic N) is 1. The molecule has 0 unspecified atom stereocenters. The van der Waals surface area contributed by atoms with E-state index in [9.17, 15) is 9.59 Å². The molecule has 3 rings (SSSR count). The predicted octanol–water partition coefficient (Wildman–Crippen LogP) is 3.79. The number of hydrogen-bond donors (Lipinski definition) is 0. The lowest BCUT2D eigenvalue weighted by atomic mass is 9.84. The number of carbonyl (C=O) groups is 1. The Labute approximate surface area is 155 Å². The van der Waals surface area contributed by atoms with E-state index < -0.39 is 11.6 Å². The minimum atomic E-state index is -0.577. The van der Waals surface area contributed by atoms with Gasteiger partial charge in [0, 0.05) is 18.4 Å². The minimum absolute atomic E-state index is 0.0144. The average molecular weight is 361 g/mol. The van der Waals surface area contributed by atoms with Crippen LogP contribution < -0.4 is 5.63 Å². The van der Waals surface area contributed by atoms with E-state index in [2.05, 4.69) is 11.8 Å². The number of esters is 1. The molecule has 1 aromatic heterocycles. The van der Waals surface area contributed by atoms with E-state index in [1.54, 1.807) is 12.1 Å². The number of hydrogen-bond acceptors (Lipinski definition) is 5. The maximum absolute atomic E-state index is 12.3. The van der Waals surface area contributed by atoms with Crippen LogP contribution in [0.1, 0.15) is 74.4 Å². The zero-order chi connectivity index (χ0) is 18.4. The van der Waals surface area contributed by atoms with Gasteiger partial charge in [0.25, 0.3) is 0 Å². The highest BCUT2D eigenvalue weighted by atomic mass is 16.5. The summed E-state index contributed by atoms with van der Waals surface area (Å²) in [6, 6.07) is 3.82. The maximum Gasteiger partial charge on any atom is 0.350 e. The molecule has 1 aromatic rings. The van der Waals surface area contributed by atoms with Crippen LogP contribution in [-0.4, -0.2) is 36.6 Å². The Morgan fingerprint density at radius 1 is 1.19 bits per heavy atom. The number of aryl methyl sites for hydroxylation is 1. The largest absolute Gasteiger partial charge is 0.462 e. The lowest BCUT2D eigenvalue weighted by Gasteiger charge is -2.44. The second-order valence-corrected chi connectivity index (χ2v) is 7.66. The van der Waals surface area contributed by atoms with Crippen LogP contribution in [0.15, 0.2) is 21.3 Å². The van der Waals surface area contributed by atoms with Crippen molar-refractivity contribution < 1.29 is 13.9 Å². The molecule has 2 fully saturated rings. The van der Waals surface area contributed by atoms with Crippen molar-refractivity contribution in [2.75, 3.05) is 19.7 Å². The van der Waals surface area contributed by atoms with Crippen LogP contribution in [0.5, 0.6) is 0 Å². The molecule has 2 aliphatic heterocycles. The first-order chi connectivity index (χ1) is 12.7. The van der Waals surface area contributed by atoms with Crippen molar-refractivity contribution in [2.45, 2.75) is 70.8 Å². The minimum Gasteiger partial charge on any atom is -0.462 e. The van der Waals surface area contributed by atoms with Crippen molar-refractivity contribution in [1.29, 1.82) is 0 Å². The van der Waals surface area contributed by atoms with E-state index in [1.165, 1.54) is 19.3 Å². The van der Waals surface area contributed by atoms with E-state index >= 15 is 0 Å². The van der Waals surface area contributed by atoms with E-state index in [-0.39, 0.29) is 5.56 Å². The molecular formula is C21H31NO4. The molecule has 0 bridgehead atoms. The number of carbonyl (C=O) groups excluding carboxylic acids is 1. The van der Waals surface area contributed by atoms with Crippen LogP contribution in [0, 0.1) is 5.92 Å². The van der Waals surface area contributed by atoms with E-state index in [0.29, 0.717) is 24.3 Å². The fraction of sp³-hybridized carbons (Fsp3) is 0.714. The molecule has 0 N–H and O–H groups in total. The summed E-state index contributed by atoms with van der Waals surface area (Å²) in [5, 5.41) is 0. The van der Waals surface area contributed by atoms with Crippen molar-refractivity contribution in [3.05, 3.63) is 33.9 Å². The first kappa shape index (κ1) is 19.2. The highest BCUT2D eigenvalue weighted by Crippen LogP contribution is 2.31. The second kappa shape index (κ2) is 9.36. The Kier molecular flexibility index (Phi) is 6.89. The molecule has 2 saturated heterocycles. The van der Waals surface area contributed by atoms with Crippen LogP contribution in [0.2, 0.25) is 0 Å². The number of ether oxygens (including phenoxy) is 1. The van der Waals surface area contributed by atoms with Crippen molar-refractivity contribution in [2.24, 2.45) is 5.92 Å². The highest BCUT2D eigenvalue weighted by molar-refractivity contribution is 5.88. The molecule has 3 heterocycles. The second-order valence-electron chi connectivity index (χ2n) is 7.66. The summed E-state index contributed by atoms with van der Waals surface area (Å²) in [4.78, 5) is 27.0. The molecule has 0 radical (unpaired) electrons. The Bertz CT molecular complexity index is 652. The smallest absolute Gasteiger partial charge is 0.350 e. The van der Waals surface area contributed by atoms with Gasteiger partial charge in [-0.3, -0.25) is 4.90 Å². The molecule has 26 heavy (non-hydrogen) atoms. The third kappa shape index (κ3) is 4.76. The topological polar surface area (TPSA) is 59.8 Å². The maximum atomic E-state index is 12.3. The van der Waals surface area contributed by atoms with Gasteiger partial charge in [0.15, 0.2) is 0 Å². The quantitative estimate of drug-likeness (QED) is 0.546. The summed E-state index contributed by atoms with van der Waals surface area (Å²) >= 11 is 0. The van der Waals surface area contributed by atoms with Crippen molar-refractivity contribution in [3.63, 3.8) is 0 Å². The van der Waals surface area contributed by atoms with Crippen LogP contribution >= 0.6 is 0 Å². The third-order valence-corrected chi connectivity index (χ3v) is 5.78. The van der Waals surface area contributed by atoms with Gasteiger partial charge >= 0.3 is 11.6 Å². The van der Waals surface area contributed by atoms with Gasteiger partial charge in [-0.2, -0.15) is 0 Å². The van der Waals surface area contributed by atoms with Crippen LogP contribution in [0.25, 0.3) is 0 Å². The molecule has 0 aromatic carbocycles. The lowest BCUT2D eigenvalue weighted by molar-refractivity contribution is 0.00711. The summed E-state index contributed by atoms with van der Waals surface area (Å²) in [7, 11) is 0. The molecule has 2 atom stereocenters. The first-order valence-corrected chi connectivity index (χ1v) is 10.2. The van der Waals surface area contributed by atoms with Gasteiger partial charge in [-0.05, 0) is 57.3 Å². The Morgan fingerprint density at radius 2 is 2.04 bits per heavy atom. The van der Waals surface area contributed by atoms with Gasteiger partial charge in [0.2, 0.25) is 0 Å². The fourth-order valence-corrected chi connectivity index (χ4v) is 4.32. The van der Waals surface area contributed by atoms with Crippen molar-refractivity contribution >= 4 is 5.97 Å². The summed E-state index contributed by atoms with van der Waals surface area (Å²) in [5.74, 6) is 0.477. The molecule has 0 saturated carbocycles. The first-order valence-electron chi connectivity index (χ1n) is 10.2.